The maximum Gasteiger partial charge on any atom is 0.391 e. The lowest BCUT2D eigenvalue weighted by molar-refractivity contribution is -0.154. The van der Waals surface area contributed by atoms with E-state index in [4.69, 9.17) is 10.2 Å². The zero-order chi connectivity index (χ0) is 11.0. The van der Waals surface area contributed by atoms with E-state index in [0.717, 1.165) is 12.8 Å². The number of rotatable bonds is 7. The number of unbranched alkanes of at least 4 members (excludes halogenated alkanes) is 3. The first kappa shape index (κ1) is 13.7. The molecule has 2 nitrogen and oxygen atoms in total. The first-order valence-electron chi connectivity index (χ1n) is 4.81. The summed E-state index contributed by atoms with van der Waals surface area (Å²) < 4.78 is 35.2. The van der Waals surface area contributed by atoms with Crippen LogP contribution >= 0.6 is 0 Å². The third kappa shape index (κ3) is 9.80. The fourth-order valence-corrected chi connectivity index (χ4v) is 1.21. The van der Waals surface area contributed by atoms with Gasteiger partial charge in [-0.3, -0.25) is 0 Å². The van der Waals surface area contributed by atoms with Crippen molar-refractivity contribution in [3.63, 3.8) is 0 Å². The molecule has 0 fully saturated rings. The van der Waals surface area contributed by atoms with Gasteiger partial charge in [0.25, 0.3) is 0 Å². The van der Waals surface area contributed by atoms with Gasteiger partial charge in [0, 0.05) is 6.61 Å². The summed E-state index contributed by atoms with van der Waals surface area (Å²) in [6.07, 6.45) is -3.66. The lowest BCUT2D eigenvalue weighted by Crippen LogP contribution is -2.19. The second-order valence-electron chi connectivity index (χ2n) is 3.40. The van der Waals surface area contributed by atoms with Crippen molar-refractivity contribution in [2.75, 3.05) is 6.61 Å². The van der Waals surface area contributed by atoms with Crippen molar-refractivity contribution in [1.29, 1.82) is 0 Å². The van der Waals surface area contributed by atoms with Gasteiger partial charge in [-0.25, -0.2) is 0 Å². The van der Waals surface area contributed by atoms with Gasteiger partial charge in [0.1, 0.15) is 0 Å². The maximum atomic E-state index is 11.7. The van der Waals surface area contributed by atoms with Crippen molar-refractivity contribution in [2.24, 2.45) is 0 Å². The molecule has 0 aliphatic heterocycles. The summed E-state index contributed by atoms with van der Waals surface area (Å²) in [7, 11) is 0. The highest BCUT2D eigenvalue weighted by atomic mass is 19.4. The predicted molar refractivity (Wildman–Crippen MR) is 46.8 cm³/mol. The molecule has 0 aromatic heterocycles. The third-order valence-electron chi connectivity index (χ3n) is 1.91. The van der Waals surface area contributed by atoms with Gasteiger partial charge in [0.15, 0.2) is 0 Å². The van der Waals surface area contributed by atoms with Crippen LogP contribution in [0.25, 0.3) is 0 Å². The first-order chi connectivity index (χ1) is 6.45. The van der Waals surface area contributed by atoms with Gasteiger partial charge in [-0.1, -0.05) is 19.3 Å². The minimum atomic E-state index is -4.27. The molecule has 0 aliphatic rings. The van der Waals surface area contributed by atoms with Crippen LogP contribution in [0.15, 0.2) is 0 Å². The van der Waals surface area contributed by atoms with Crippen LogP contribution in [0.2, 0.25) is 0 Å². The molecule has 0 aliphatic carbocycles. The van der Waals surface area contributed by atoms with E-state index in [0.29, 0.717) is 12.8 Å². The Kier molecular flexibility index (Phi) is 6.92. The van der Waals surface area contributed by atoms with Gasteiger partial charge in [-0.15, -0.1) is 0 Å². The molecule has 0 aromatic rings. The lowest BCUT2D eigenvalue weighted by Gasteiger charge is -2.12. The normalized spacial score (nSPS) is 14.4. The predicted octanol–water partition coefficient (Wildman–Crippen LogP) is 2.24. The molecule has 0 saturated carbocycles. The van der Waals surface area contributed by atoms with Crippen LogP contribution in [0.3, 0.4) is 0 Å². The van der Waals surface area contributed by atoms with Crippen LogP contribution in [-0.4, -0.2) is 29.1 Å². The lowest BCUT2D eigenvalue weighted by atomic mass is 10.1. The van der Waals surface area contributed by atoms with Crippen molar-refractivity contribution >= 4 is 0 Å². The zero-order valence-corrected chi connectivity index (χ0v) is 8.06. The van der Waals surface area contributed by atoms with Gasteiger partial charge >= 0.3 is 6.18 Å². The molecule has 0 bridgehead atoms. The van der Waals surface area contributed by atoms with Gasteiger partial charge in [-0.05, 0) is 12.8 Å². The minimum absolute atomic E-state index is 0.116. The molecule has 14 heavy (non-hydrogen) atoms. The minimum Gasteiger partial charge on any atom is -0.396 e. The van der Waals surface area contributed by atoms with Gasteiger partial charge in [0.05, 0.1) is 12.5 Å². The van der Waals surface area contributed by atoms with Crippen LogP contribution in [-0.2, 0) is 0 Å². The van der Waals surface area contributed by atoms with Gasteiger partial charge < -0.3 is 10.2 Å². The molecular weight excluding hydrogens is 197 g/mol. The Labute approximate surface area is 81.7 Å². The summed E-state index contributed by atoms with van der Waals surface area (Å²) in [5, 5.41) is 17.4. The number of halogens is 3. The molecule has 86 valence electrons. The van der Waals surface area contributed by atoms with Crippen LogP contribution in [0.5, 0.6) is 0 Å². The fraction of sp³-hybridized carbons (Fsp3) is 1.00. The standard InChI is InChI=1S/C9H17F3O2/c10-9(11,12)7-8(14)5-3-1-2-4-6-13/h8,13-14H,1-7H2. The second kappa shape index (κ2) is 7.06. The number of alkyl halides is 3. The van der Waals surface area contributed by atoms with E-state index in [1.54, 1.807) is 0 Å². The largest absolute Gasteiger partial charge is 0.396 e. The molecule has 0 saturated heterocycles. The summed E-state index contributed by atoms with van der Waals surface area (Å²) >= 11 is 0. The van der Waals surface area contributed by atoms with Crippen molar-refractivity contribution in [3.05, 3.63) is 0 Å². The van der Waals surface area contributed by atoms with Crippen molar-refractivity contribution in [3.8, 4) is 0 Å². The fourth-order valence-electron chi connectivity index (χ4n) is 1.21. The second-order valence-corrected chi connectivity index (χ2v) is 3.40. The number of aliphatic hydroxyl groups is 2. The zero-order valence-electron chi connectivity index (χ0n) is 8.06. The summed E-state index contributed by atoms with van der Waals surface area (Å²) in [6.45, 7) is 0.116. The average molecular weight is 214 g/mol. The summed E-state index contributed by atoms with van der Waals surface area (Å²) in [4.78, 5) is 0. The SMILES string of the molecule is OCCCCCCC(O)CC(F)(F)F. The number of hydrogen-bond acceptors (Lipinski definition) is 2. The highest BCUT2D eigenvalue weighted by Gasteiger charge is 2.30. The van der Waals surface area contributed by atoms with Crippen molar-refractivity contribution in [2.45, 2.75) is 50.8 Å². The number of hydrogen-bond donors (Lipinski definition) is 2. The van der Waals surface area contributed by atoms with Gasteiger partial charge in [-0.2, -0.15) is 13.2 Å². The quantitative estimate of drug-likeness (QED) is 0.638. The Morgan fingerprint density at radius 2 is 1.57 bits per heavy atom. The number of aliphatic hydroxyl groups excluding tert-OH is 2. The Morgan fingerprint density at radius 1 is 1.00 bits per heavy atom. The first-order valence-corrected chi connectivity index (χ1v) is 4.81. The van der Waals surface area contributed by atoms with E-state index in [-0.39, 0.29) is 13.0 Å². The molecule has 1 atom stereocenters. The highest BCUT2D eigenvalue weighted by Crippen LogP contribution is 2.23. The molecule has 0 aromatic carbocycles. The Hall–Kier alpha value is -0.290. The van der Waals surface area contributed by atoms with E-state index >= 15 is 0 Å². The van der Waals surface area contributed by atoms with Crippen LogP contribution < -0.4 is 0 Å². The van der Waals surface area contributed by atoms with E-state index in [9.17, 15) is 13.2 Å². The molecule has 0 spiro atoms. The molecule has 5 heteroatoms. The van der Waals surface area contributed by atoms with Gasteiger partial charge in [0.2, 0.25) is 0 Å². The van der Waals surface area contributed by atoms with E-state index in [1.165, 1.54) is 0 Å². The molecule has 0 heterocycles. The van der Waals surface area contributed by atoms with Crippen molar-refractivity contribution in [1.82, 2.24) is 0 Å². The van der Waals surface area contributed by atoms with E-state index < -0.39 is 18.7 Å². The van der Waals surface area contributed by atoms with Crippen LogP contribution in [0, 0.1) is 0 Å². The molecule has 0 rings (SSSR count). The summed E-state index contributed by atoms with van der Waals surface area (Å²) in [5.74, 6) is 0. The maximum absolute atomic E-state index is 11.7. The highest BCUT2D eigenvalue weighted by molar-refractivity contribution is 4.61. The average Bonchev–Trinajstić information content (AvgIpc) is 2.00. The Balaban J connectivity index is 3.31. The third-order valence-corrected chi connectivity index (χ3v) is 1.91. The summed E-state index contributed by atoms with van der Waals surface area (Å²) in [5.41, 5.74) is 0. The molecule has 0 amide bonds. The summed E-state index contributed by atoms with van der Waals surface area (Å²) in [6, 6.07) is 0. The smallest absolute Gasteiger partial charge is 0.391 e. The Morgan fingerprint density at radius 3 is 2.07 bits per heavy atom. The molecule has 1 unspecified atom stereocenters. The molecule has 2 N–H and O–H groups in total. The Bertz CT molecular complexity index is 137. The van der Waals surface area contributed by atoms with Crippen LogP contribution in [0.4, 0.5) is 13.2 Å². The monoisotopic (exact) mass is 214 g/mol. The van der Waals surface area contributed by atoms with E-state index in [1.807, 2.05) is 0 Å². The van der Waals surface area contributed by atoms with Crippen LogP contribution in [0.1, 0.15) is 38.5 Å². The van der Waals surface area contributed by atoms with Crippen molar-refractivity contribution < 1.29 is 23.4 Å². The van der Waals surface area contributed by atoms with E-state index in [2.05, 4.69) is 0 Å². The molecular formula is C9H17F3O2. The topological polar surface area (TPSA) is 40.5 Å². The molecule has 0 radical (unpaired) electrons.